The van der Waals surface area contributed by atoms with Gasteiger partial charge in [0.15, 0.2) is 0 Å². The van der Waals surface area contributed by atoms with E-state index in [2.05, 4.69) is 4.72 Å². The van der Waals surface area contributed by atoms with Crippen LogP contribution in [0.2, 0.25) is 0 Å². The highest BCUT2D eigenvalue weighted by Gasteiger charge is 2.15. The lowest BCUT2D eigenvalue weighted by Gasteiger charge is -2.06. The molecule has 0 saturated carbocycles. The Labute approximate surface area is 125 Å². The van der Waals surface area contributed by atoms with Gasteiger partial charge in [-0.3, -0.25) is 4.72 Å². The van der Waals surface area contributed by atoms with Gasteiger partial charge in [-0.1, -0.05) is 12.1 Å². The molecule has 1 aromatic carbocycles. The first-order valence-electron chi connectivity index (χ1n) is 5.72. The van der Waals surface area contributed by atoms with E-state index in [1.165, 1.54) is 18.2 Å². The normalized spacial score (nSPS) is 10.8. The minimum absolute atomic E-state index is 0.0548. The molecular formula is C13H10N2O4S2. The maximum Gasteiger partial charge on any atom is 0.345 e. The van der Waals surface area contributed by atoms with Gasteiger partial charge in [-0.05, 0) is 29.8 Å². The van der Waals surface area contributed by atoms with E-state index >= 15 is 0 Å². The standard InChI is InChI=1S/C13H10N2O4S2/c14-7-9-2-1-3-10(6-9)8-21(18,19)15-12-5-4-11(20-12)13(16)17/h1-6,15H,8H2,(H,16,17). The number of hydrogen-bond donors (Lipinski definition) is 2. The van der Waals surface area contributed by atoms with Crippen molar-refractivity contribution < 1.29 is 18.3 Å². The minimum atomic E-state index is -3.67. The first-order valence-corrected chi connectivity index (χ1v) is 8.19. The largest absolute Gasteiger partial charge is 0.477 e. The lowest BCUT2D eigenvalue weighted by Crippen LogP contribution is -2.14. The van der Waals surface area contributed by atoms with Crippen molar-refractivity contribution in [1.29, 1.82) is 5.26 Å². The van der Waals surface area contributed by atoms with E-state index < -0.39 is 16.0 Å². The van der Waals surface area contributed by atoms with E-state index in [4.69, 9.17) is 10.4 Å². The van der Waals surface area contributed by atoms with Crippen LogP contribution in [0.1, 0.15) is 20.8 Å². The van der Waals surface area contributed by atoms with Gasteiger partial charge >= 0.3 is 5.97 Å². The first kappa shape index (κ1) is 15.0. The lowest BCUT2D eigenvalue weighted by atomic mass is 10.2. The number of benzene rings is 1. The van der Waals surface area contributed by atoms with Crippen LogP contribution in [-0.4, -0.2) is 19.5 Å². The van der Waals surface area contributed by atoms with E-state index in [-0.39, 0.29) is 15.6 Å². The molecule has 0 radical (unpaired) electrons. The Morgan fingerprint density at radius 1 is 1.33 bits per heavy atom. The summed E-state index contributed by atoms with van der Waals surface area (Å²) in [4.78, 5) is 10.8. The Kier molecular flexibility index (Phi) is 4.26. The van der Waals surface area contributed by atoms with Gasteiger partial charge in [0.05, 0.1) is 17.4 Å². The highest BCUT2D eigenvalue weighted by molar-refractivity contribution is 7.92. The van der Waals surface area contributed by atoms with Crippen LogP contribution in [0.25, 0.3) is 0 Å². The average molecular weight is 322 g/mol. The number of nitrogens with one attached hydrogen (secondary N) is 1. The van der Waals surface area contributed by atoms with Crippen molar-refractivity contribution in [2.75, 3.05) is 4.72 Å². The van der Waals surface area contributed by atoms with Gasteiger partial charge < -0.3 is 5.11 Å². The number of hydrogen-bond acceptors (Lipinski definition) is 5. The first-order chi connectivity index (χ1) is 9.89. The molecule has 2 aromatic rings. The van der Waals surface area contributed by atoms with Gasteiger partial charge in [-0.2, -0.15) is 5.26 Å². The number of nitrogens with zero attached hydrogens (tertiary/aromatic N) is 1. The predicted octanol–water partition coefficient (Wildman–Crippen LogP) is 2.26. The Hall–Kier alpha value is -2.37. The van der Waals surface area contributed by atoms with Crippen LogP contribution in [0, 0.1) is 11.3 Å². The van der Waals surface area contributed by atoms with Gasteiger partial charge in [0.2, 0.25) is 10.0 Å². The molecule has 108 valence electrons. The number of carbonyl (C=O) groups is 1. The van der Waals surface area contributed by atoms with Crippen molar-refractivity contribution in [3.8, 4) is 6.07 Å². The molecule has 0 atom stereocenters. The molecule has 1 aromatic heterocycles. The van der Waals surface area contributed by atoms with Gasteiger partial charge in [0, 0.05) is 0 Å². The smallest absolute Gasteiger partial charge is 0.345 e. The molecule has 0 amide bonds. The summed E-state index contributed by atoms with van der Waals surface area (Å²) in [6.07, 6.45) is 0. The fraction of sp³-hybridized carbons (Fsp3) is 0.0769. The molecule has 0 saturated heterocycles. The second-order valence-corrected chi connectivity index (χ2v) is 6.95. The van der Waals surface area contributed by atoms with E-state index in [0.717, 1.165) is 11.3 Å². The van der Waals surface area contributed by atoms with Crippen molar-refractivity contribution in [3.63, 3.8) is 0 Å². The Morgan fingerprint density at radius 3 is 2.71 bits per heavy atom. The molecule has 2 rings (SSSR count). The molecule has 6 nitrogen and oxygen atoms in total. The summed E-state index contributed by atoms with van der Waals surface area (Å²) in [6, 6.07) is 11.0. The maximum atomic E-state index is 12.0. The van der Waals surface area contributed by atoms with Gasteiger partial charge in [0.1, 0.15) is 9.88 Å². The summed E-state index contributed by atoms with van der Waals surface area (Å²) in [5, 5.41) is 17.8. The van der Waals surface area contributed by atoms with Crippen LogP contribution >= 0.6 is 11.3 Å². The SMILES string of the molecule is N#Cc1cccc(CS(=O)(=O)Nc2ccc(C(=O)O)s2)c1. The van der Waals surface area contributed by atoms with Gasteiger partial charge in [-0.15, -0.1) is 11.3 Å². The van der Waals surface area contributed by atoms with Crippen LogP contribution in [0.4, 0.5) is 5.00 Å². The van der Waals surface area contributed by atoms with Gasteiger partial charge in [-0.25, -0.2) is 13.2 Å². The molecule has 0 unspecified atom stereocenters. The maximum absolute atomic E-state index is 12.0. The summed E-state index contributed by atoms with van der Waals surface area (Å²) in [5.41, 5.74) is 0.864. The van der Waals surface area contributed by atoms with Crippen LogP contribution < -0.4 is 4.72 Å². The number of nitriles is 1. The molecule has 8 heteroatoms. The van der Waals surface area contributed by atoms with Crippen molar-refractivity contribution >= 4 is 32.3 Å². The summed E-state index contributed by atoms with van der Waals surface area (Å²) in [6.45, 7) is 0. The van der Waals surface area contributed by atoms with E-state index in [0.29, 0.717) is 11.1 Å². The van der Waals surface area contributed by atoms with Crippen LogP contribution in [0.15, 0.2) is 36.4 Å². The fourth-order valence-electron chi connectivity index (χ4n) is 1.65. The Balaban J connectivity index is 2.14. The summed E-state index contributed by atoms with van der Waals surface area (Å²) < 4.78 is 26.4. The number of anilines is 1. The molecule has 1 heterocycles. The Morgan fingerprint density at radius 2 is 2.10 bits per heavy atom. The fourth-order valence-corrected chi connectivity index (χ4v) is 3.86. The third kappa shape index (κ3) is 4.05. The van der Waals surface area contributed by atoms with Crippen LogP contribution in [-0.2, 0) is 15.8 Å². The quantitative estimate of drug-likeness (QED) is 0.878. The molecule has 0 fully saturated rings. The molecule has 0 aliphatic rings. The number of aromatic carboxylic acids is 1. The molecule has 0 aliphatic heterocycles. The molecule has 0 bridgehead atoms. The highest BCUT2D eigenvalue weighted by atomic mass is 32.2. The topological polar surface area (TPSA) is 107 Å². The molecule has 21 heavy (non-hydrogen) atoms. The number of thiophene rings is 1. The van der Waals surface area contributed by atoms with Crippen molar-refractivity contribution in [2.24, 2.45) is 0 Å². The zero-order valence-corrected chi connectivity index (χ0v) is 12.2. The monoisotopic (exact) mass is 322 g/mol. The van der Waals surface area contributed by atoms with Crippen molar-refractivity contribution in [2.45, 2.75) is 5.75 Å². The van der Waals surface area contributed by atoms with Crippen LogP contribution in [0.5, 0.6) is 0 Å². The number of carboxylic acids is 1. The lowest BCUT2D eigenvalue weighted by molar-refractivity contribution is 0.0702. The number of rotatable bonds is 5. The van der Waals surface area contributed by atoms with Crippen molar-refractivity contribution in [3.05, 3.63) is 52.4 Å². The summed E-state index contributed by atoms with van der Waals surface area (Å²) in [5.74, 6) is -1.39. The van der Waals surface area contributed by atoms with Crippen molar-refractivity contribution in [1.82, 2.24) is 0 Å². The Bertz CT molecular complexity index is 819. The second-order valence-electron chi connectivity index (χ2n) is 4.14. The second kappa shape index (κ2) is 5.95. The van der Waals surface area contributed by atoms with E-state index in [1.807, 2.05) is 6.07 Å². The average Bonchev–Trinajstić information content (AvgIpc) is 2.86. The molecule has 0 aliphatic carbocycles. The molecule has 0 spiro atoms. The third-order valence-corrected chi connectivity index (χ3v) is 4.85. The summed E-state index contributed by atoms with van der Waals surface area (Å²) in [7, 11) is -3.67. The van der Waals surface area contributed by atoms with Crippen LogP contribution in [0.3, 0.4) is 0 Å². The van der Waals surface area contributed by atoms with Gasteiger partial charge in [0.25, 0.3) is 0 Å². The predicted molar refractivity (Wildman–Crippen MR) is 78.7 cm³/mol. The minimum Gasteiger partial charge on any atom is -0.477 e. The number of carboxylic acid groups (broad SMARTS) is 1. The molecular weight excluding hydrogens is 312 g/mol. The van der Waals surface area contributed by atoms with E-state index in [9.17, 15) is 13.2 Å². The zero-order valence-electron chi connectivity index (χ0n) is 10.6. The highest BCUT2D eigenvalue weighted by Crippen LogP contribution is 2.23. The third-order valence-electron chi connectivity index (χ3n) is 2.49. The zero-order chi connectivity index (χ0) is 15.5. The summed E-state index contributed by atoms with van der Waals surface area (Å²) >= 11 is 0.844. The van der Waals surface area contributed by atoms with E-state index in [1.54, 1.807) is 18.2 Å². The number of sulfonamides is 1. The molecule has 2 N–H and O–H groups in total.